The molecule has 0 spiro atoms. The van der Waals surface area contributed by atoms with Crippen LogP contribution in [0.4, 0.5) is 0 Å². The monoisotopic (exact) mass is 632 g/mol. The fourth-order valence-electron chi connectivity index (χ4n) is 5.34. The van der Waals surface area contributed by atoms with Gasteiger partial charge in [0.05, 0.1) is 6.04 Å². The Morgan fingerprint density at radius 2 is 1.67 bits per heavy atom. The number of nitrogens with one attached hydrogen (secondary N) is 4. The summed E-state index contributed by atoms with van der Waals surface area (Å²) in [4.78, 5) is 69.9. The second-order valence-electron chi connectivity index (χ2n) is 12.2. The molecule has 2 heterocycles. The average molecular weight is 633 g/mol. The first-order chi connectivity index (χ1) is 21.4. The number of carbonyl (C=O) groups excluding carboxylic acids is 6. The van der Waals surface area contributed by atoms with Gasteiger partial charge in [-0.15, -0.1) is 0 Å². The molecule has 0 radical (unpaired) electrons. The maximum atomic E-state index is 12.4. The van der Waals surface area contributed by atoms with Gasteiger partial charge in [-0.05, 0) is 77.3 Å². The molecule has 254 valence electrons. The summed E-state index contributed by atoms with van der Waals surface area (Å²) < 4.78 is 0. The fraction of sp³-hybridized carbons (Fsp3) is 0.697. The van der Waals surface area contributed by atoms with Crippen molar-refractivity contribution in [3.8, 4) is 0 Å². The van der Waals surface area contributed by atoms with Crippen molar-refractivity contribution in [1.29, 1.82) is 0 Å². The van der Waals surface area contributed by atoms with Gasteiger partial charge >= 0.3 is 0 Å². The van der Waals surface area contributed by atoms with Gasteiger partial charge in [0.2, 0.25) is 18.2 Å². The Morgan fingerprint density at radius 1 is 1.02 bits per heavy atom. The zero-order valence-corrected chi connectivity index (χ0v) is 27.9. The molecule has 12 heteroatoms. The van der Waals surface area contributed by atoms with Crippen LogP contribution in [0, 0.1) is 11.8 Å². The topological polar surface area (TPSA) is 180 Å². The number of Topliss-reactive ketones (excluding diaryl/α,β-unsaturated/α-hetero) is 1. The van der Waals surface area contributed by atoms with Crippen LogP contribution in [0.5, 0.6) is 0 Å². The molecule has 1 saturated carbocycles. The van der Waals surface area contributed by atoms with Crippen molar-refractivity contribution >= 4 is 35.7 Å². The Labute approximate surface area is 268 Å². The van der Waals surface area contributed by atoms with Crippen LogP contribution >= 0.6 is 0 Å². The Balaban J connectivity index is 0.000000365. The number of piperidine rings is 1. The highest BCUT2D eigenvalue weighted by Gasteiger charge is 2.30. The van der Waals surface area contributed by atoms with Gasteiger partial charge in [-0.25, -0.2) is 0 Å². The summed E-state index contributed by atoms with van der Waals surface area (Å²) >= 11 is 0. The number of rotatable bonds is 13. The van der Waals surface area contributed by atoms with Gasteiger partial charge in [-0.3, -0.25) is 28.8 Å². The van der Waals surface area contributed by atoms with Crippen molar-refractivity contribution < 1.29 is 28.8 Å². The van der Waals surface area contributed by atoms with Crippen molar-refractivity contribution in [3.05, 3.63) is 24.0 Å². The third kappa shape index (κ3) is 15.7. The number of carbonyl (C=O) groups is 6. The summed E-state index contributed by atoms with van der Waals surface area (Å²) in [6.07, 6.45) is 16.0. The van der Waals surface area contributed by atoms with Crippen LogP contribution < -0.4 is 27.0 Å². The second-order valence-corrected chi connectivity index (χ2v) is 12.2. The van der Waals surface area contributed by atoms with E-state index in [0.717, 1.165) is 64.2 Å². The van der Waals surface area contributed by atoms with Gasteiger partial charge in [-0.1, -0.05) is 39.7 Å². The molecule has 1 aliphatic carbocycles. The summed E-state index contributed by atoms with van der Waals surface area (Å²) in [5.41, 5.74) is 5.35. The molecule has 12 nitrogen and oxygen atoms in total. The van der Waals surface area contributed by atoms with Crippen LogP contribution in [0.25, 0.3) is 0 Å². The van der Waals surface area contributed by atoms with Crippen LogP contribution in [-0.4, -0.2) is 78.4 Å². The molecule has 2 saturated heterocycles. The Bertz CT molecular complexity index is 1030. The predicted molar refractivity (Wildman–Crippen MR) is 174 cm³/mol. The number of likely N-dealkylation sites (tertiary alicyclic amines) is 1. The van der Waals surface area contributed by atoms with E-state index in [1.807, 2.05) is 33.0 Å². The molecule has 2 aliphatic heterocycles. The molecule has 4 amide bonds. The Kier molecular flexibility index (Phi) is 19.1. The third-order valence-corrected chi connectivity index (χ3v) is 7.98. The van der Waals surface area contributed by atoms with E-state index < -0.39 is 11.9 Å². The summed E-state index contributed by atoms with van der Waals surface area (Å²) in [5, 5.41) is 11.3. The lowest BCUT2D eigenvalue weighted by atomic mass is 9.90. The van der Waals surface area contributed by atoms with Crippen molar-refractivity contribution in [3.63, 3.8) is 0 Å². The highest BCUT2D eigenvalue weighted by atomic mass is 16.2. The van der Waals surface area contributed by atoms with Crippen molar-refractivity contribution in [2.75, 3.05) is 19.6 Å². The number of ketones is 2. The number of amides is 4. The van der Waals surface area contributed by atoms with Crippen LogP contribution in [0.1, 0.15) is 98.8 Å². The molecule has 0 aromatic heterocycles. The number of nitrogens with two attached hydrogens (primary N) is 1. The van der Waals surface area contributed by atoms with E-state index in [1.165, 1.54) is 32.6 Å². The lowest BCUT2D eigenvalue weighted by molar-refractivity contribution is -0.136. The molecule has 3 rings (SSSR count). The standard InChI is InChI=1S/C14H23N3O3.C13H22N2O2.C6H11NO/c1-9(2)12(14(20)17-6-4-5-7-17)16-13(19)11(15)8-10(3)18;1-3-4-7-14-12(10(2)16)9-11-6-5-8-15-13(11)17;8-5-7-6-3-1-2-4-6/h8-9,12H,4-7,15H2,1-3H3,(H,16,19);4,7,11-12,14H,3,5-6,8-9H2,1-2H3,(H,15,17);5-6H,1-4H2,(H,7,8)/b11-8-;7-4+;. The summed E-state index contributed by atoms with van der Waals surface area (Å²) in [7, 11) is 0. The zero-order valence-electron chi connectivity index (χ0n) is 27.9. The third-order valence-electron chi connectivity index (χ3n) is 7.98. The zero-order chi connectivity index (χ0) is 33.8. The van der Waals surface area contributed by atoms with Gasteiger partial charge in [0.1, 0.15) is 11.7 Å². The van der Waals surface area contributed by atoms with E-state index in [2.05, 4.69) is 21.3 Å². The van der Waals surface area contributed by atoms with Gasteiger partial charge < -0.3 is 31.9 Å². The quantitative estimate of drug-likeness (QED) is 0.151. The minimum Gasteiger partial charge on any atom is -0.394 e. The van der Waals surface area contributed by atoms with Crippen LogP contribution in [0.3, 0.4) is 0 Å². The highest BCUT2D eigenvalue weighted by molar-refractivity contribution is 6.01. The van der Waals surface area contributed by atoms with E-state index in [4.69, 9.17) is 5.73 Å². The van der Waals surface area contributed by atoms with Crippen molar-refractivity contribution in [2.45, 2.75) is 117 Å². The average Bonchev–Trinajstić information content (AvgIpc) is 3.71. The van der Waals surface area contributed by atoms with E-state index in [1.54, 1.807) is 11.8 Å². The fourth-order valence-corrected chi connectivity index (χ4v) is 5.34. The number of hydrogen-bond acceptors (Lipinski definition) is 8. The van der Waals surface area contributed by atoms with Crippen LogP contribution in [0.2, 0.25) is 0 Å². The summed E-state index contributed by atoms with van der Waals surface area (Å²) in [6, 6.07) is -0.362. The lowest BCUT2D eigenvalue weighted by Crippen LogP contribution is -2.51. The van der Waals surface area contributed by atoms with Crippen LogP contribution in [-0.2, 0) is 28.8 Å². The number of allylic oxidation sites excluding steroid dienone is 2. The predicted octanol–water partition coefficient (Wildman–Crippen LogP) is 2.23. The molecule has 3 atom stereocenters. The minimum atomic E-state index is -0.612. The molecular weight excluding hydrogens is 576 g/mol. The SMILES string of the molecule is CC(=O)/C=C(\N)C(=O)NC(C(=O)N1CCCC1)C(C)C.CC/C=C/NC(CC1CCCNC1=O)C(C)=O.O=CNC1CCCC1. The van der Waals surface area contributed by atoms with E-state index in [0.29, 0.717) is 12.5 Å². The smallest absolute Gasteiger partial charge is 0.267 e. The number of hydrogen-bond donors (Lipinski definition) is 5. The maximum Gasteiger partial charge on any atom is 0.267 e. The van der Waals surface area contributed by atoms with E-state index in [9.17, 15) is 28.8 Å². The van der Waals surface area contributed by atoms with Crippen molar-refractivity contribution in [2.24, 2.45) is 17.6 Å². The van der Waals surface area contributed by atoms with Crippen LogP contribution in [0.15, 0.2) is 24.0 Å². The van der Waals surface area contributed by atoms with E-state index >= 15 is 0 Å². The Morgan fingerprint density at radius 3 is 2.18 bits per heavy atom. The van der Waals surface area contributed by atoms with E-state index in [-0.39, 0.29) is 47.0 Å². The maximum absolute atomic E-state index is 12.4. The highest BCUT2D eigenvalue weighted by Crippen LogP contribution is 2.18. The minimum absolute atomic E-state index is 0.0276. The molecule has 3 unspecified atom stereocenters. The van der Waals surface area contributed by atoms with Crippen molar-refractivity contribution in [1.82, 2.24) is 26.2 Å². The molecule has 45 heavy (non-hydrogen) atoms. The molecule has 6 N–H and O–H groups in total. The molecule has 3 aliphatic rings. The van der Waals surface area contributed by atoms with Gasteiger partial charge in [0.25, 0.3) is 5.91 Å². The number of nitrogens with zero attached hydrogens (tertiary/aromatic N) is 1. The second kappa shape index (κ2) is 21.9. The van der Waals surface area contributed by atoms with Gasteiger partial charge in [0.15, 0.2) is 11.6 Å². The normalized spacial score (nSPS) is 19.8. The molecule has 3 fully saturated rings. The lowest BCUT2D eigenvalue weighted by Gasteiger charge is -2.26. The largest absolute Gasteiger partial charge is 0.394 e. The first kappa shape index (κ1) is 39.3. The first-order valence-corrected chi connectivity index (χ1v) is 16.4. The van der Waals surface area contributed by atoms with Gasteiger partial charge in [-0.2, -0.15) is 0 Å². The molecule has 0 aromatic rings. The Hall–Kier alpha value is -3.70. The summed E-state index contributed by atoms with van der Waals surface area (Å²) in [6.45, 7) is 10.9. The molecule has 0 bridgehead atoms. The first-order valence-electron chi connectivity index (χ1n) is 16.4. The van der Waals surface area contributed by atoms with Gasteiger partial charge in [0, 0.05) is 37.7 Å². The molecule has 0 aromatic carbocycles. The molecular formula is C33H56N6O6. The summed E-state index contributed by atoms with van der Waals surface area (Å²) in [5.74, 6) is -0.859.